The molecule has 4 aromatic rings. The van der Waals surface area contributed by atoms with Gasteiger partial charge < -0.3 is 10.1 Å². The number of carbonyl (C=O) groups is 1. The quantitative estimate of drug-likeness (QED) is 0.381. The maximum Gasteiger partial charge on any atom is 0.416 e. The number of alkyl halides is 3. The van der Waals surface area contributed by atoms with E-state index in [9.17, 15) is 22.8 Å². The SMILES string of the molecule is COc1ccc(CCC(=O)NCCn2ncc3c(=O)n(Cc4cccc(C(F)(F)F)c4)cnc32)cc1. The lowest BCUT2D eigenvalue weighted by atomic mass is 10.1. The minimum atomic E-state index is -4.46. The summed E-state index contributed by atoms with van der Waals surface area (Å²) in [6, 6.07) is 12.3. The normalized spacial score (nSPS) is 11.6. The number of carbonyl (C=O) groups excluding carboxylic acids is 1. The lowest BCUT2D eigenvalue weighted by molar-refractivity contribution is -0.137. The summed E-state index contributed by atoms with van der Waals surface area (Å²) in [6.45, 7) is 0.552. The van der Waals surface area contributed by atoms with Crippen molar-refractivity contribution in [2.24, 2.45) is 0 Å². The van der Waals surface area contributed by atoms with Crippen molar-refractivity contribution in [3.05, 3.63) is 88.1 Å². The zero-order valence-electron chi connectivity index (χ0n) is 19.5. The molecule has 2 heterocycles. The number of ether oxygens (including phenoxy) is 1. The van der Waals surface area contributed by atoms with E-state index in [4.69, 9.17) is 4.74 Å². The predicted molar refractivity (Wildman–Crippen MR) is 127 cm³/mol. The number of hydrogen-bond acceptors (Lipinski definition) is 5. The Balaban J connectivity index is 1.35. The van der Waals surface area contributed by atoms with E-state index in [-0.39, 0.29) is 17.8 Å². The molecule has 0 aliphatic heterocycles. The Bertz CT molecular complexity index is 1410. The van der Waals surface area contributed by atoms with Gasteiger partial charge in [0.05, 0.1) is 32.0 Å². The van der Waals surface area contributed by atoms with Gasteiger partial charge in [-0.15, -0.1) is 0 Å². The Labute approximate surface area is 204 Å². The molecule has 0 radical (unpaired) electrons. The van der Waals surface area contributed by atoms with Gasteiger partial charge in [0.25, 0.3) is 5.56 Å². The standard InChI is InChI=1S/C25H24F3N5O3/c1-36-20-8-5-17(6-9-20)7-10-22(34)29-11-12-33-23-21(14-31-33)24(35)32(16-30-23)15-18-3-2-4-19(13-18)25(26,27)28/h2-6,8-9,13-14,16H,7,10-12,15H2,1H3,(H,29,34). The van der Waals surface area contributed by atoms with Crippen LogP contribution >= 0.6 is 0 Å². The molecule has 2 aromatic carbocycles. The van der Waals surface area contributed by atoms with Gasteiger partial charge in [0.15, 0.2) is 5.65 Å². The summed E-state index contributed by atoms with van der Waals surface area (Å²) in [4.78, 5) is 29.3. The molecule has 0 saturated carbocycles. The van der Waals surface area contributed by atoms with Crippen LogP contribution in [0.1, 0.15) is 23.1 Å². The Morgan fingerprint density at radius 3 is 2.61 bits per heavy atom. The van der Waals surface area contributed by atoms with Crippen LogP contribution in [0.5, 0.6) is 5.75 Å². The van der Waals surface area contributed by atoms with Crippen molar-refractivity contribution in [3.63, 3.8) is 0 Å². The average Bonchev–Trinajstić information content (AvgIpc) is 3.28. The molecule has 11 heteroatoms. The largest absolute Gasteiger partial charge is 0.497 e. The fraction of sp³-hybridized carbons (Fsp3) is 0.280. The molecule has 0 spiro atoms. The molecule has 0 saturated heterocycles. The molecular weight excluding hydrogens is 475 g/mol. The average molecular weight is 499 g/mol. The second-order valence-electron chi connectivity index (χ2n) is 8.18. The van der Waals surface area contributed by atoms with Crippen molar-refractivity contribution >= 4 is 16.9 Å². The molecule has 188 valence electrons. The van der Waals surface area contributed by atoms with E-state index in [0.29, 0.717) is 37.1 Å². The molecule has 0 fully saturated rings. The van der Waals surface area contributed by atoms with Crippen molar-refractivity contribution in [2.45, 2.75) is 32.1 Å². The van der Waals surface area contributed by atoms with Crippen LogP contribution in [0.25, 0.3) is 11.0 Å². The number of aryl methyl sites for hydroxylation is 1. The van der Waals surface area contributed by atoms with E-state index in [2.05, 4.69) is 15.4 Å². The van der Waals surface area contributed by atoms with Crippen LogP contribution in [-0.4, -0.2) is 38.9 Å². The number of rotatable bonds is 9. The van der Waals surface area contributed by atoms with Crippen LogP contribution in [-0.2, 0) is 30.5 Å². The van der Waals surface area contributed by atoms with E-state index in [0.717, 1.165) is 23.4 Å². The van der Waals surface area contributed by atoms with Crippen LogP contribution in [0.3, 0.4) is 0 Å². The molecule has 2 aromatic heterocycles. The van der Waals surface area contributed by atoms with Crippen molar-refractivity contribution in [3.8, 4) is 5.75 Å². The Morgan fingerprint density at radius 2 is 1.89 bits per heavy atom. The van der Waals surface area contributed by atoms with Crippen LogP contribution < -0.4 is 15.6 Å². The van der Waals surface area contributed by atoms with Gasteiger partial charge in [0.1, 0.15) is 17.5 Å². The molecule has 1 amide bonds. The number of hydrogen-bond donors (Lipinski definition) is 1. The predicted octanol–water partition coefficient (Wildman–Crippen LogP) is 3.42. The first-order valence-electron chi connectivity index (χ1n) is 11.2. The number of fused-ring (bicyclic) bond motifs is 1. The third-order valence-corrected chi connectivity index (χ3v) is 5.68. The smallest absolute Gasteiger partial charge is 0.416 e. The molecule has 0 aliphatic rings. The molecule has 0 aliphatic carbocycles. The zero-order valence-corrected chi connectivity index (χ0v) is 19.5. The van der Waals surface area contributed by atoms with Crippen molar-refractivity contribution in [2.75, 3.05) is 13.7 Å². The summed E-state index contributed by atoms with van der Waals surface area (Å²) in [5.41, 5.74) is 0.508. The highest BCUT2D eigenvalue weighted by atomic mass is 19.4. The third kappa shape index (κ3) is 5.91. The molecule has 4 rings (SSSR count). The minimum absolute atomic E-state index is 0.0544. The molecule has 1 N–H and O–H groups in total. The number of amides is 1. The monoisotopic (exact) mass is 499 g/mol. The zero-order chi connectivity index (χ0) is 25.7. The van der Waals surface area contributed by atoms with Gasteiger partial charge in [-0.2, -0.15) is 18.3 Å². The second kappa shape index (κ2) is 10.6. The summed E-state index contributed by atoms with van der Waals surface area (Å²) in [7, 11) is 1.59. The van der Waals surface area contributed by atoms with Gasteiger partial charge in [-0.05, 0) is 41.8 Å². The Morgan fingerprint density at radius 1 is 1.11 bits per heavy atom. The third-order valence-electron chi connectivity index (χ3n) is 5.68. The number of methoxy groups -OCH3 is 1. The number of aromatic nitrogens is 4. The van der Waals surface area contributed by atoms with Gasteiger partial charge >= 0.3 is 6.18 Å². The highest BCUT2D eigenvalue weighted by molar-refractivity contribution is 5.76. The summed E-state index contributed by atoms with van der Waals surface area (Å²) in [6.07, 6.45) is -0.886. The van der Waals surface area contributed by atoms with Crippen LogP contribution in [0.15, 0.2) is 65.8 Å². The highest BCUT2D eigenvalue weighted by Gasteiger charge is 2.30. The van der Waals surface area contributed by atoms with Gasteiger partial charge in [-0.25, -0.2) is 9.67 Å². The summed E-state index contributed by atoms with van der Waals surface area (Å²) < 4.78 is 46.8. The van der Waals surface area contributed by atoms with E-state index in [1.54, 1.807) is 7.11 Å². The van der Waals surface area contributed by atoms with Gasteiger partial charge in [0.2, 0.25) is 5.91 Å². The van der Waals surface area contributed by atoms with E-state index in [1.165, 1.54) is 33.9 Å². The number of nitrogens with one attached hydrogen (secondary N) is 1. The van der Waals surface area contributed by atoms with Gasteiger partial charge in [0, 0.05) is 13.0 Å². The van der Waals surface area contributed by atoms with Gasteiger partial charge in [-0.3, -0.25) is 14.2 Å². The molecular formula is C25H24F3N5O3. The van der Waals surface area contributed by atoms with Crippen LogP contribution in [0, 0.1) is 0 Å². The Kier molecular flexibility index (Phi) is 7.37. The van der Waals surface area contributed by atoms with Gasteiger partial charge in [-0.1, -0.05) is 24.3 Å². The lowest BCUT2D eigenvalue weighted by Gasteiger charge is -2.10. The first kappa shape index (κ1) is 25.0. The number of nitrogens with zero attached hydrogens (tertiary/aromatic N) is 4. The molecule has 8 nitrogen and oxygen atoms in total. The number of halogens is 3. The van der Waals surface area contributed by atoms with Crippen molar-refractivity contribution in [1.29, 1.82) is 0 Å². The van der Waals surface area contributed by atoms with E-state index in [1.807, 2.05) is 24.3 Å². The second-order valence-corrected chi connectivity index (χ2v) is 8.18. The summed E-state index contributed by atoms with van der Waals surface area (Å²) in [5.74, 6) is 0.643. The fourth-order valence-electron chi connectivity index (χ4n) is 3.76. The highest BCUT2D eigenvalue weighted by Crippen LogP contribution is 2.29. The molecule has 0 atom stereocenters. The maximum atomic E-state index is 13.0. The molecule has 0 unspecified atom stereocenters. The van der Waals surface area contributed by atoms with E-state index >= 15 is 0 Å². The van der Waals surface area contributed by atoms with Crippen molar-refractivity contribution < 1.29 is 22.7 Å². The number of benzene rings is 2. The summed E-state index contributed by atoms with van der Waals surface area (Å²) in [5, 5.41) is 7.26. The van der Waals surface area contributed by atoms with Crippen LogP contribution in [0.2, 0.25) is 0 Å². The lowest BCUT2D eigenvalue weighted by Crippen LogP contribution is -2.28. The maximum absolute atomic E-state index is 13.0. The topological polar surface area (TPSA) is 91.0 Å². The first-order valence-corrected chi connectivity index (χ1v) is 11.2. The molecule has 0 bridgehead atoms. The summed E-state index contributed by atoms with van der Waals surface area (Å²) >= 11 is 0. The minimum Gasteiger partial charge on any atom is -0.497 e. The first-order chi connectivity index (χ1) is 17.2. The fourth-order valence-corrected chi connectivity index (χ4v) is 3.76. The van der Waals surface area contributed by atoms with E-state index < -0.39 is 17.3 Å². The Hall–Kier alpha value is -4.15. The van der Waals surface area contributed by atoms with Crippen LogP contribution in [0.4, 0.5) is 13.2 Å². The van der Waals surface area contributed by atoms with Crippen molar-refractivity contribution in [1.82, 2.24) is 24.6 Å². The molecule has 36 heavy (non-hydrogen) atoms.